The summed E-state index contributed by atoms with van der Waals surface area (Å²) in [4.78, 5) is 14.7. The maximum absolute atomic E-state index is 13.7. The van der Waals surface area contributed by atoms with Crippen LogP contribution in [0.1, 0.15) is 55.3 Å². The molecule has 0 aromatic heterocycles. The van der Waals surface area contributed by atoms with E-state index in [9.17, 15) is 9.18 Å². The van der Waals surface area contributed by atoms with Gasteiger partial charge in [-0.25, -0.2) is 4.39 Å². The Morgan fingerprint density at radius 3 is 2.52 bits per heavy atom. The van der Waals surface area contributed by atoms with Gasteiger partial charge in [-0.15, -0.1) is 0 Å². The third-order valence-electron chi connectivity index (χ3n) is 4.59. The zero-order chi connectivity index (χ0) is 14.8. The summed E-state index contributed by atoms with van der Waals surface area (Å²) >= 11 is 3.14. The molecule has 1 amide bonds. The summed E-state index contributed by atoms with van der Waals surface area (Å²) in [5.74, 6) is 0.257. The monoisotopic (exact) mass is 353 g/mol. The number of benzene rings is 1. The number of amides is 1. The lowest BCUT2D eigenvalue weighted by atomic mass is 9.89. The van der Waals surface area contributed by atoms with E-state index in [0.717, 1.165) is 19.4 Å². The normalized spacial score (nSPS) is 19.5. The van der Waals surface area contributed by atoms with E-state index in [0.29, 0.717) is 22.0 Å². The highest BCUT2D eigenvalue weighted by Gasteiger charge is 2.34. The molecule has 0 bridgehead atoms. The smallest absolute Gasteiger partial charge is 0.254 e. The molecule has 21 heavy (non-hydrogen) atoms. The van der Waals surface area contributed by atoms with Crippen LogP contribution in [0.3, 0.4) is 0 Å². The average molecular weight is 354 g/mol. The second kappa shape index (κ2) is 6.47. The molecule has 2 fully saturated rings. The molecule has 3 rings (SSSR count). The van der Waals surface area contributed by atoms with Gasteiger partial charge in [0.2, 0.25) is 0 Å². The quantitative estimate of drug-likeness (QED) is 0.763. The van der Waals surface area contributed by atoms with Crippen molar-refractivity contribution in [3.63, 3.8) is 0 Å². The van der Waals surface area contributed by atoms with Crippen molar-refractivity contribution >= 4 is 21.8 Å². The van der Waals surface area contributed by atoms with Crippen LogP contribution in [0.4, 0.5) is 4.39 Å². The van der Waals surface area contributed by atoms with Gasteiger partial charge in [-0.05, 0) is 65.7 Å². The van der Waals surface area contributed by atoms with Gasteiger partial charge in [-0.3, -0.25) is 4.79 Å². The van der Waals surface area contributed by atoms with E-state index in [4.69, 9.17) is 0 Å². The lowest BCUT2D eigenvalue weighted by molar-refractivity contribution is 0.0698. The van der Waals surface area contributed by atoms with E-state index >= 15 is 0 Å². The molecule has 2 aliphatic rings. The predicted molar refractivity (Wildman–Crippen MR) is 84.7 cm³/mol. The van der Waals surface area contributed by atoms with Gasteiger partial charge in [-0.2, -0.15) is 0 Å². The molecular formula is C17H21BrFNO. The molecule has 1 aromatic carbocycles. The molecule has 1 aromatic rings. The summed E-state index contributed by atoms with van der Waals surface area (Å²) < 4.78 is 14.1. The van der Waals surface area contributed by atoms with Crippen LogP contribution in [0.25, 0.3) is 0 Å². The molecule has 2 saturated carbocycles. The molecule has 0 N–H and O–H groups in total. The van der Waals surface area contributed by atoms with Crippen LogP contribution in [0.2, 0.25) is 0 Å². The second-order valence-corrected chi connectivity index (χ2v) is 7.18. The summed E-state index contributed by atoms with van der Waals surface area (Å²) in [6.07, 6.45) is 8.53. The first kappa shape index (κ1) is 15.0. The molecule has 0 heterocycles. The second-order valence-electron chi connectivity index (χ2n) is 6.32. The fourth-order valence-electron chi connectivity index (χ4n) is 3.23. The molecular weight excluding hydrogens is 333 g/mol. The summed E-state index contributed by atoms with van der Waals surface area (Å²) in [7, 11) is 0. The first-order chi connectivity index (χ1) is 10.1. The molecule has 0 radical (unpaired) electrons. The largest absolute Gasteiger partial charge is 0.335 e. The minimum Gasteiger partial charge on any atom is -0.335 e. The van der Waals surface area contributed by atoms with Crippen LogP contribution in [0.5, 0.6) is 0 Å². The van der Waals surface area contributed by atoms with Crippen molar-refractivity contribution in [3.8, 4) is 0 Å². The molecule has 0 unspecified atom stereocenters. The van der Waals surface area contributed by atoms with Crippen LogP contribution in [0, 0.1) is 11.7 Å². The van der Waals surface area contributed by atoms with Gasteiger partial charge in [0.15, 0.2) is 0 Å². The number of rotatable bonds is 4. The Morgan fingerprint density at radius 2 is 1.90 bits per heavy atom. The third-order valence-corrected chi connectivity index (χ3v) is 5.24. The zero-order valence-electron chi connectivity index (χ0n) is 12.2. The van der Waals surface area contributed by atoms with Crippen LogP contribution in [-0.4, -0.2) is 23.4 Å². The van der Waals surface area contributed by atoms with Gasteiger partial charge in [0, 0.05) is 18.2 Å². The van der Waals surface area contributed by atoms with E-state index in [1.165, 1.54) is 38.2 Å². The van der Waals surface area contributed by atoms with E-state index in [1.807, 2.05) is 4.90 Å². The number of carbonyl (C=O) groups is 1. The van der Waals surface area contributed by atoms with Crippen LogP contribution in [-0.2, 0) is 0 Å². The van der Waals surface area contributed by atoms with Gasteiger partial charge in [0.05, 0.1) is 4.47 Å². The topological polar surface area (TPSA) is 20.3 Å². The van der Waals surface area contributed by atoms with Crippen molar-refractivity contribution in [2.75, 3.05) is 6.54 Å². The summed E-state index contributed by atoms with van der Waals surface area (Å²) in [6, 6.07) is 5.06. The van der Waals surface area contributed by atoms with Gasteiger partial charge < -0.3 is 4.90 Å². The van der Waals surface area contributed by atoms with E-state index in [-0.39, 0.29) is 11.7 Å². The zero-order valence-corrected chi connectivity index (χ0v) is 13.7. The molecule has 114 valence electrons. The maximum Gasteiger partial charge on any atom is 0.254 e. The van der Waals surface area contributed by atoms with Gasteiger partial charge in [0.1, 0.15) is 5.82 Å². The average Bonchev–Trinajstić information content (AvgIpc) is 3.33. The molecule has 0 atom stereocenters. The van der Waals surface area contributed by atoms with E-state index < -0.39 is 0 Å². The van der Waals surface area contributed by atoms with Crippen molar-refractivity contribution in [2.45, 2.75) is 51.0 Å². The third kappa shape index (κ3) is 3.65. The number of carbonyl (C=O) groups excluding carboxylic acids is 1. The van der Waals surface area contributed by atoms with Gasteiger partial charge in [0.25, 0.3) is 5.91 Å². The number of halogens is 2. The number of hydrogen-bond donors (Lipinski definition) is 0. The lowest BCUT2D eigenvalue weighted by Gasteiger charge is -2.30. The van der Waals surface area contributed by atoms with Gasteiger partial charge in [-0.1, -0.05) is 19.3 Å². The Balaban J connectivity index is 1.73. The Hall–Kier alpha value is -0.900. The molecule has 2 nitrogen and oxygen atoms in total. The first-order valence-electron chi connectivity index (χ1n) is 7.91. The minimum atomic E-state index is -0.366. The fourth-order valence-corrected chi connectivity index (χ4v) is 3.47. The van der Waals surface area contributed by atoms with Crippen molar-refractivity contribution in [3.05, 3.63) is 34.1 Å². The summed E-state index contributed by atoms with van der Waals surface area (Å²) in [6.45, 7) is 0.848. The molecule has 2 aliphatic carbocycles. The van der Waals surface area contributed by atoms with Crippen LogP contribution >= 0.6 is 15.9 Å². The number of hydrogen-bond acceptors (Lipinski definition) is 1. The highest BCUT2D eigenvalue weighted by molar-refractivity contribution is 9.10. The summed E-state index contributed by atoms with van der Waals surface area (Å²) in [5.41, 5.74) is 0.471. The first-order valence-corrected chi connectivity index (χ1v) is 8.70. The SMILES string of the molecule is O=C(c1ccc(Br)c(F)c1)N(CC1CCCCC1)C1CC1. The fraction of sp³-hybridized carbons (Fsp3) is 0.588. The van der Waals surface area contributed by atoms with Crippen molar-refractivity contribution < 1.29 is 9.18 Å². The Bertz CT molecular complexity index is 524. The van der Waals surface area contributed by atoms with Crippen LogP contribution in [0.15, 0.2) is 22.7 Å². The highest BCUT2D eigenvalue weighted by atomic mass is 79.9. The van der Waals surface area contributed by atoms with E-state index in [1.54, 1.807) is 12.1 Å². The number of nitrogens with zero attached hydrogens (tertiary/aromatic N) is 1. The predicted octanol–water partition coefficient (Wildman–Crippen LogP) is 4.77. The Labute approximate surface area is 133 Å². The van der Waals surface area contributed by atoms with Crippen molar-refractivity contribution in [2.24, 2.45) is 5.92 Å². The van der Waals surface area contributed by atoms with Gasteiger partial charge >= 0.3 is 0 Å². The van der Waals surface area contributed by atoms with E-state index in [2.05, 4.69) is 15.9 Å². The maximum atomic E-state index is 13.7. The van der Waals surface area contributed by atoms with Crippen LogP contribution < -0.4 is 0 Å². The van der Waals surface area contributed by atoms with Crippen molar-refractivity contribution in [1.29, 1.82) is 0 Å². The Kier molecular flexibility index (Phi) is 4.63. The molecule has 0 saturated heterocycles. The van der Waals surface area contributed by atoms with Crippen molar-refractivity contribution in [1.82, 2.24) is 4.90 Å². The molecule has 0 aliphatic heterocycles. The summed E-state index contributed by atoms with van der Waals surface area (Å²) in [5, 5.41) is 0. The lowest BCUT2D eigenvalue weighted by Crippen LogP contribution is -2.37. The minimum absolute atomic E-state index is 0.00512. The molecule has 0 spiro atoms. The Morgan fingerprint density at radius 1 is 1.19 bits per heavy atom. The molecule has 4 heteroatoms. The standard InChI is InChI=1S/C17H21BrFNO/c18-15-9-6-13(10-16(15)19)17(21)20(14-7-8-14)11-12-4-2-1-3-5-12/h6,9-10,12,14H,1-5,7-8,11H2. The highest BCUT2D eigenvalue weighted by Crippen LogP contribution is 2.32.